The molecule has 1 atom stereocenters. The van der Waals surface area contributed by atoms with Gasteiger partial charge in [-0.3, -0.25) is 15.0 Å². The predicted octanol–water partition coefficient (Wildman–Crippen LogP) is 2.72. The van der Waals surface area contributed by atoms with Crippen LogP contribution in [-0.2, 0) is 10.0 Å². The smallest absolute Gasteiger partial charge is 0.289 e. The van der Waals surface area contributed by atoms with E-state index in [-0.39, 0.29) is 17.5 Å². The molecule has 0 amide bonds. The number of hydrogen-bond donors (Lipinski definition) is 1. The number of likely N-dealkylation sites (tertiary alicyclic amines) is 1. The quantitative estimate of drug-likeness (QED) is 0.535. The first-order valence-corrected chi connectivity index (χ1v) is 10.5. The minimum absolute atomic E-state index is 0.126. The molecule has 1 N–H and O–H groups in total. The van der Waals surface area contributed by atoms with Crippen molar-refractivity contribution in [3.8, 4) is 5.75 Å². The Labute approximate surface area is 164 Å². The zero-order valence-corrected chi connectivity index (χ0v) is 16.4. The summed E-state index contributed by atoms with van der Waals surface area (Å²) in [5, 5.41) is 11.2. The van der Waals surface area contributed by atoms with Crippen LogP contribution in [0.2, 0.25) is 0 Å². The van der Waals surface area contributed by atoms with E-state index in [4.69, 9.17) is 4.74 Å². The standard InChI is InChI=1S/C19H23N3O5S/c1-27-16-10-8-15(9-11-16)18(21-12-4-5-13-21)14-20-28(25,26)19-7-3-2-6-17(19)22(23)24/h2-3,6-11,18,20H,4-5,12-14H2,1H3. The summed E-state index contributed by atoms with van der Waals surface area (Å²) in [6, 6.07) is 12.7. The van der Waals surface area contributed by atoms with Gasteiger partial charge in [-0.25, -0.2) is 13.1 Å². The zero-order valence-electron chi connectivity index (χ0n) is 15.6. The molecule has 3 rings (SSSR count). The van der Waals surface area contributed by atoms with Gasteiger partial charge in [-0.2, -0.15) is 0 Å². The molecule has 0 aromatic heterocycles. The summed E-state index contributed by atoms with van der Waals surface area (Å²) >= 11 is 0. The fourth-order valence-electron chi connectivity index (χ4n) is 3.44. The van der Waals surface area contributed by atoms with E-state index in [1.165, 1.54) is 24.3 Å². The first-order valence-electron chi connectivity index (χ1n) is 9.03. The molecule has 150 valence electrons. The number of ether oxygens (including phenoxy) is 1. The maximum atomic E-state index is 12.8. The molecular formula is C19H23N3O5S. The van der Waals surface area contributed by atoms with Gasteiger partial charge in [-0.05, 0) is 49.7 Å². The second kappa shape index (κ2) is 8.68. The molecule has 2 aromatic carbocycles. The van der Waals surface area contributed by atoms with E-state index in [0.29, 0.717) is 0 Å². The molecule has 28 heavy (non-hydrogen) atoms. The lowest BCUT2D eigenvalue weighted by atomic mass is 10.1. The van der Waals surface area contributed by atoms with Crippen molar-refractivity contribution in [1.29, 1.82) is 0 Å². The van der Waals surface area contributed by atoms with Gasteiger partial charge >= 0.3 is 0 Å². The summed E-state index contributed by atoms with van der Waals surface area (Å²) in [6.07, 6.45) is 2.12. The van der Waals surface area contributed by atoms with Gasteiger partial charge in [0.15, 0.2) is 4.90 Å². The molecule has 0 radical (unpaired) electrons. The number of methoxy groups -OCH3 is 1. The average Bonchev–Trinajstić information content (AvgIpc) is 3.23. The third kappa shape index (κ3) is 4.49. The second-order valence-corrected chi connectivity index (χ2v) is 8.34. The van der Waals surface area contributed by atoms with Gasteiger partial charge in [-0.1, -0.05) is 24.3 Å². The molecule has 0 aliphatic carbocycles. The Kier molecular flexibility index (Phi) is 6.28. The van der Waals surface area contributed by atoms with Gasteiger partial charge in [0.1, 0.15) is 5.75 Å². The highest BCUT2D eigenvalue weighted by atomic mass is 32.2. The maximum absolute atomic E-state index is 12.8. The van der Waals surface area contributed by atoms with E-state index < -0.39 is 20.6 Å². The Morgan fingerprint density at radius 1 is 1.14 bits per heavy atom. The van der Waals surface area contributed by atoms with Crippen molar-refractivity contribution in [1.82, 2.24) is 9.62 Å². The molecular weight excluding hydrogens is 382 g/mol. The molecule has 8 nitrogen and oxygen atoms in total. The number of benzene rings is 2. The van der Waals surface area contributed by atoms with Crippen molar-refractivity contribution in [3.63, 3.8) is 0 Å². The summed E-state index contributed by atoms with van der Waals surface area (Å²) in [5.41, 5.74) is 0.533. The van der Waals surface area contributed by atoms with Crippen LogP contribution in [-0.4, -0.2) is 45.0 Å². The van der Waals surface area contributed by atoms with Crippen LogP contribution in [0.1, 0.15) is 24.4 Å². The van der Waals surface area contributed by atoms with Gasteiger partial charge in [0.25, 0.3) is 5.69 Å². The molecule has 1 saturated heterocycles. The van der Waals surface area contributed by atoms with Crippen molar-refractivity contribution in [2.45, 2.75) is 23.8 Å². The number of para-hydroxylation sites is 1. The molecule has 9 heteroatoms. The van der Waals surface area contributed by atoms with Gasteiger partial charge in [-0.15, -0.1) is 0 Å². The fourth-order valence-corrected chi connectivity index (χ4v) is 4.65. The molecule has 1 aliphatic rings. The van der Waals surface area contributed by atoms with Crippen molar-refractivity contribution in [2.75, 3.05) is 26.7 Å². The van der Waals surface area contributed by atoms with Gasteiger partial charge in [0, 0.05) is 18.7 Å². The summed E-state index contributed by atoms with van der Waals surface area (Å²) in [6.45, 7) is 1.88. The van der Waals surface area contributed by atoms with E-state index in [1.807, 2.05) is 24.3 Å². The van der Waals surface area contributed by atoms with E-state index in [9.17, 15) is 18.5 Å². The van der Waals surface area contributed by atoms with Crippen LogP contribution in [0.15, 0.2) is 53.4 Å². The fraction of sp³-hybridized carbons (Fsp3) is 0.368. The zero-order chi connectivity index (χ0) is 20.1. The van der Waals surface area contributed by atoms with Crippen LogP contribution in [0.25, 0.3) is 0 Å². The second-order valence-electron chi connectivity index (χ2n) is 6.61. The monoisotopic (exact) mass is 405 g/mol. The highest BCUT2D eigenvalue weighted by molar-refractivity contribution is 7.89. The number of nitro groups is 1. The van der Waals surface area contributed by atoms with Crippen LogP contribution >= 0.6 is 0 Å². The highest BCUT2D eigenvalue weighted by Gasteiger charge is 2.29. The lowest BCUT2D eigenvalue weighted by Crippen LogP contribution is -2.37. The normalized spacial score (nSPS) is 16.0. The molecule has 1 aliphatic heterocycles. The van der Waals surface area contributed by atoms with E-state index in [0.717, 1.165) is 37.2 Å². The Balaban J connectivity index is 1.84. The Bertz CT molecular complexity index is 925. The molecule has 0 spiro atoms. The lowest BCUT2D eigenvalue weighted by Gasteiger charge is -2.28. The molecule has 2 aromatic rings. The molecule has 1 unspecified atom stereocenters. The Morgan fingerprint density at radius 2 is 1.79 bits per heavy atom. The topological polar surface area (TPSA) is 102 Å². The van der Waals surface area contributed by atoms with Crippen LogP contribution in [0, 0.1) is 10.1 Å². The Morgan fingerprint density at radius 3 is 2.39 bits per heavy atom. The van der Waals surface area contributed by atoms with Crippen molar-refractivity contribution < 1.29 is 18.1 Å². The molecule has 0 bridgehead atoms. The summed E-state index contributed by atoms with van der Waals surface area (Å²) in [7, 11) is -2.43. The number of nitro benzene ring substituents is 1. The predicted molar refractivity (Wildman–Crippen MR) is 105 cm³/mol. The van der Waals surface area contributed by atoms with E-state index in [1.54, 1.807) is 7.11 Å². The number of nitrogens with one attached hydrogen (secondary N) is 1. The number of rotatable bonds is 8. The SMILES string of the molecule is COc1ccc(C(CNS(=O)(=O)c2ccccc2[N+](=O)[O-])N2CCCC2)cc1. The summed E-state index contributed by atoms with van der Waals surface area (Å²) in [5.74, 6) is 0.726. The highest BCUT2D eigenvalue weighted by Crippen LogP contribution is 2.28. The van der Waals surface area contributed by atoms with Gasteiger partial charge < -0.3 is 4.74 Å². The van der Waals surface area contributed by atoms with Crippen LogP contribution in [0.5, 0.6) is 5.75 Å². The third-order valence-corrected chi connectivity index (χ3v) is 6.37. The lowest BCUT2D eigenvalue weighted by molar-refractivity contribution is -0.387. The average molecular weight is 405 g/mol. The number of hydrogen-bond acceptors (Lipinski definition) is 6. The van der Waals surface area contributed by atoms with E-state index >= 15 is 0 Å². The molecule has 1 fully saturated rings. The number of nitrogens with zero attached hydrogens (tertiary/aromatic N) is 2. The third-order valence-electron chi connectivity index (χ3n) is 4.90. The van der Waals surface area contributed by atoms with E-state index in [2.05, 4.69) is 9.62 Å². The number of sulfonamides is 1. The maximum Gasteiger partial charge on any atom is 0.289 e. The van der Waals surface area contributed by atoms with Crippen LogP contribution in [0.3, 0.4) is 0 Å². The van der Waals surface area contributed by atoms with Crippen molar-refractivity contribution >= 4 is 15.7 Å². The van der Waals surface area contributed by atoms with Crippen LogP contribution < -0.4 is 9.46 Å². The largest absolute Gasteiger partial charge is 0.497 e. The molecule has 0 saturated carbocycles. The first kappa shape index (κ1) is 20.2. The van der Waals surface area contributed by atoms with Gasteiger partial charge in [0.2, 0.25) is 10.0 Å². The summed E-state index contributed by atoms with van der Waals surface area (Å²) in [4.78, 5) is 12.4. The van der Waals surface area contributed by atoms with Crippen molar-refractivity contribution in [2.24, 2.45) is 0 Å². The van der Waals surface area contributed by atoms with Crippen LogP contribution in [0.4, 0.5) is 5.69 Å². The minimum Gasteiger partial charge on any atom is -0.497 e. The molecule has 1 heterocycles. The van der Waals surface area contributed by atoms with Gasteiger partial charge in [0.05, 0.1) is 12.0 Å². The van der Waals surface area contributed by atoms with Crippen molar-refractivity contribution in [3.05, 3.63) is 64.2 Å². The Hall–Kier alpha value is -2.49. The first-order chi connectivity index (χ1) is 13.4. The summed E-state index contributed by atoms with van der Waals surface area (Å²) < 4.78 is 33.3. The minimum atomic E-state index is -4.02.